The zero-order valence-electron chi connectivity index (χ0n) is 10.9. The molecule has 102 valence electrons. The highest BCUT2D eigenvalue weighted by Gasteiger charge is 2.16. The standard InChI is InChI=1S/C11H15ClN6O/c1-5(2)14-10(19)6(3)15-8-7-4-13-18-9(7)17-11(12)16-8/h4-6H,1-3H3,(H,14,19)(H2,13,15,16,17,18). The second-order valence-corrected chi connectivity index (χ2v) is 4.84. The molecule has 0 aliphatic heterocycles. The number of aromatic nitrogens is 4. The number of H-pyrrole nitrogens is 1. The monoisotopic (exact) mass is 282 g/mol. The number of aromatic amines is 1. The van der Waals surface area contributed by atoms with Crippen molar-refractivity contribution >= 4 is 34.4 Å². The molecule has 19 heavy (non-hydrogen) atoms. The van der Waals surface area contributed by atoms with Crippen LogP contribution in [0, 0.1) is 0 Å². The lowest BCUT2D eigenvalue weighted by Gasteiger charge is -2.16. The normalized spacial score (nSPS) is 12.7. The van der Waals surface area contributed by atoms with Crippen LogP contribution < -0.4 is 10.6 Å². The Kier molecular flexibility index (Phi) is 3.84. The van der Waals surface area contributed by atoms with Crippen LogP contribution in [0.15, 0.2) is 6.20 Å². The molecular weight excluding hydrogens is 268 g/mol. The number of carbonyl (C=O) groups is 1. The molecule has 0 radical (unpaired) electrons. The van der Waals surface area contributed by atoms with Crippen LogP contribution >= 0.6 is 11.6 Å². The molecule has 1 atom stereocenters. The lowest BCUT2D eigenvalue weighted by molar-refractivity contribution is -0.122. The van der Waals surface area contributed by atoms with Gasteiger partial charge in [-0.15, -0.1) is 0 Å². The van der Waals surface area contributed by atoms with Gasteiger partial charge in [0.25, 0.3) is 0 Å². The first-order chi connectivity index (χ1) is 8.97. The summed E-state index contributed by atoms with van der Waals surface area (Å²) in [5.74, 6) is 0.372. The molecule has 0 aliphatic carbocycles. The Morgan fingerprint density at radius 3 is 2.79 bits per heavy atom. The van der Waals surface area contributed by atoms with Crippen molar-refractivity contribution in [3.05, 3.63) is 11.5 Å². The summed E-state index contributed by atoms with van der Waals surface area (Å²) >= 11 is 5.82. The van der Waals surface area contributed by atoms with E-state index in [1.807, 2.05) is 13.8 Å². The SMILES string of the molecule is CC(C)NC(=O)C(C)Nc1nc(Cl)nc2[nH]ncc12. The van der Waals surface area contributed by atoms with Crippen LogP contribution in [0.4, 0.5) is 5.82 Å². The van der Waals surface area contributed by atoms with Crippen molar-refractivity contribution < 1.29 is 4.79 Å². The third-order valence-electron chi connectivity index (χ3n) is 2.46. The van der Waals surface area contributed by atoms with E-state index in [0.717, 1.165) is 0 Å². The fraction of sp³-hybridized carbons (Fsp3) is 0.455. The van der Waals surface area contributed by atoms with Gasteiger partial charge in [-0.2, -0.15) is 15.1 Å². The van der Waals surface area contributed by atoms with Gasteiger partial charge >= 0.3 is 0 Å². The second kappa shape index (κ2) is 5.40. The molecule has 8 heteroatoms. The van der Waals surface area contributed by atoms with Gasteiger partial charge in [0.2, 0.25) is 11.2 Å². The average Bonchev–Trinajstić information content (AvgIpc) is 2.75. The highest BCUT2D eigenvalue weighted by molar-refractivity contribution is 6.28. The molecule has 0 spiro atoms. The maximum atomic E-state index is 11.8. The molecule has 0 bridgehead atoms. The van der Waals surface area contributed by atoms with Gasteiger partial charge in [-0.25, -0.2) is 0 Å². The first-order valence-electron chi connectivity index (χ1n) is 5.91. The zero-order valence-corrected chi connectivity index (χ0v) is 11.6. The third-order valence-corrected chi connectivity index (χ3v) is 2.63. The molecule has 2 aromatic rings. The van der Waals surface area contributed by atoms with Gasteiger partial charge < -0.3 is 10.6 Å². The van der Waals surface area contributed by atoms with E-state index in [1.54, 1.807) is 13.1 Å². The Bertz CT molecular complexity index is 596. The number of rotatable bonds is 4. The maximum Gasteiger partial charge on any atom is 0.242 e. The highest BCUT2D eigenvalue weighted by Crippen LogP contribution is 2.20. The van der Waals surface area contributed by atoms with Crippen LogP contribution in [0.25, 0.3) is 11.0 Å². The number of amides is 1. The van der Waals surface area contributed by atoms with Gasteiger partial charge in [0.05, 0.1) is 11.6 Å². The lowest BCUT2D eigenvalue weighted by atomic mass is 10.2. The van der Waals surface area contributed by atoms with Gasteiger partial charge in [-0.1, -0.05) is 0 Å². The predicted octanol–water partition coefficient (Wildman–Crippen LogP) is 1.33. The number of hydrogen-bond acceptors (Lipinski definition) is 5. The summed E-state index contributed by atoms with van der Waals surface area (Å²) in [6.45, 7) is 5.56. The summed E-state index contributed by atoms with van der Waals surface area (Å²) in [7, 11) is 0. The molecule has 2 heterocycles. The van der Waals surface area contributed by atoms with Crippen molar-refractivity contribution in [2.24, 2.45) is 0 Å². The second-order valence-electron chi connectivity index (χ2n) is 4.50. The summed E-state index contributed by atoms with van der Waals surface area (Å²) in [6.07, 6.45) is 1.58. The number of fused-ring (bicyclic) bond motifs is 1. The molecule has 2 aromatic heterocycles. The minimum Gasteiger partial charge on any atom is -0.358 e. The van der Waals surface area contributed by atoms with Gasteiger partial charge in [0.15, 0.2) is 5.65 Å². The minimum atomic E-state index is -0.438. The first kappa shape index (κ1) is 13.5. The summed E-state index contributed by atoms with van der Waals surface area (Å²) in [4.78, 5) is 19.9. The topological polar surface area (TPSA) is 95.6 Å². The number of anilines is 1. The molecule has 0 aliphatic rings. The summed E-state index contributed by atoms with van der Waals surface area (Å²) in [6, 6.07) is -0.355. The fourth-order valence-electron chi connectivity index (χ4n) is 1.60. The van der Waals surface area contributed by atoms with Crippen molar-refractivity contribution in [3.8, 4) is 0 Å². The van der Waals surface area contributed by atoms with Crippen molar-refractivity contribution in [1.29, 1.82) is 0 Å². The smallest absolute Gasteiger partial charge is 0.242 e. The van der Waals surface area contributed by atoms with Crippen LogP contribution in [-0.2, 0) is 4.79 Å². The molecule has 0 aromatic carbocycles. The zero-order chi connectivity index (χ0) is 14.0. The van der Waals surface area contributed by atoms with E-state index in [9.17, 15) is 4.79 Å². The summed E-state index contributed by atoms with van der Waals surface area (Å²) in [5.41, 5.74) is 0.527. The molecule has 7 nitrogen and oxygen atoms in total. The number of hydrogen-bond donors (Lipinski definition) is 3. The Morgan fingerprint density at radius 2 is 2.11 bits per heavy atom. The minimum absolute atomic E-state index is 0.0830. The van der Waals surface area contributed by atoms with Crippen molar-refractivity contribution in [2.45, 2.75) is 32.9 Å². The molecule has 0 saturated carbocycles. The molecule has 3 N–H and O–H groups in total. The van der Waals surface area contributed by atoms with E-state index in [4.69, 9.17) is 11.6 Å². The van der Waals surface area contributed by atoms with E-state index >= 15 is 0 Å². The summed E-state index contributed by atoms with van der Waals surface area (Å²) in [5, 5.41) is 13.2. The van der Waals surface area contributed by atoms with Crippen LogP contribution in [-0.4, -0.2) is 38.2 Å². The summed E-state index contributed by atoms with van der Waals surface area (Å²) < 4.78 is 0. The molecule has 0 saturated heterocycles. The van der Waals surface area contributed by atoms with Crippen molar-refractivity contribution in [2.75, 3.05) is 5.32 Å². The van der Waals surface area contributed by atoms with Gasteiger partial charge in [0, 0.05) is 6.04 Å². The first-order valence-corrected chi connectivity index (χ1v) is 6.28. The van der Waals surface area contributed by atoms with E-state index in [1.165, 1.54) is 0 Å². The Balaban J connectivity index is 2.21. The van der Waals surface area contributed by atoms with Crippen molar-refractivity contribution in [1.82, 2.24) is 25.5 Å². The van der Waals surface area contributed by atoms with E-state index in [2.05, 4.69) is 30.8 Å². The van der Waals surface area contributed by atoms with Gasteiger partial charge in [-0.05, 0) is 32.4 Å². The van der Waals surface area contributed by atoms with Crippen LogP contribution in [0.5, 0.6) is 0 Å². The van der Waals surface area contributed by atoms with E-state index in [0.29, 0.717) is 16.9 Å². The molecule has 1 unspecified atom stereocenters. The number of halogens is 1. The van der Waals surface area contributed by atoms with Crippen LogP contribution in [0.3, 0.4) is 0 Å². The Labute approximate surface area is 115 Å². The predicted molar refractivity (Wildman–Crippen MR) is 73.1 cm³/mol. The fourth-order valence-corrected chi connectivity index (χ4v) is 1.77. The highest BCUT2D eigenvalue weighted by atomic mass is 35.5. The quantitative estimate of drug-likeness (QED) is 0.735. The maximum absolute atomic E-state index is 11.8. The van der Waals surface area contributed by atoms with E-state index in [-0.39, 0.29) is 17.2 Å². The van der Waals surface area contributed by atoms with Crippen LogP contribution in [0.2, 0.25) is 5.28 Å². The average molecular weight is 283 g/mol. The Morgan fingerprint density at radius 1 is 1.37 bits per heavy atom. The number of nitrogens with zero attached hydrogens (tertiary/aromatic N) is 3. The number of nitrogens with one attached hydrogen (secondary N) is 3. The molecule has 1 amide bonds. The molecular formula is C11H15ClN6O. The Hall–Kier alpha value is -1.89. The third kappa shape index (κ3) is 3.11. The lowest BCUT2D eigenvalue weighted by Crippen LogP contribution is -2.41. The van der Waals surface area contributed by atoms with Gasteiger partial charge in [-0.3, -0.25) is 9.89 Å². The van der Waals surface area contributed by atoms with E-state index < -0.39 is 6.04 Å². The molecule has 2 rings (SSSR count). The van der Waals surface area contributed by atoms with Gasteiger partial charge in [0.1, 0.15) is 11.9 Å². The largest absolute Gasteiger partial charge is 0.358 e. The van der Waals surface area contributed by atoms with Crippen molar-refractivity contribution in [3.63, 3.8) is 0 Å². The number of carbonyl (C=O) groups excluding carboxylic acids is 1. The van der Waals surface area contributed by atoms with Crippen LogP contribution in [0.1, 0.15) is 20.8 Å². The molecule has 0 fully saturated rings.